The highest BCUT2D eigenvalue weighted by molar-refractivity contribution is 5.82. The maximum absolute atomic E-state index is 12.1. The van der Waals surface area contributed by atoms with Crippen LogP contribution in [-0.4, -0.2) is 64.7 Å². The number of likely N-dealkylation sites (N-methyl/N-ethyl adjacent to an activating group) is 1. The molecule has 1 aliphatic rings. The van der Waals surface area contributed by atoms with E-state index in [2.05, 4.69) is 20.6 Å². The third kappa shape index (κ3) is 3.78. The van der Waals surface area contributed by atoms with Crippen molar-refractivity contribution in [2.45, 2.75) is 31.5 Å². The Balaban J connectivity index is 1.84. The number of H-pyrrole nitrogens is 1. The van der Waals surface area contributed by atoms with Gasteiger partial charge in [-0.15, -0.1) is 0 Å². The summed E-state index contributed by atoms with van der Waals surface area (Å²) in [4.78, 5) is 21.3. The minimum absolute atomic E-state index is 0.0994. The van der Waals surface area contributed by atoms with E-state index in [0.717, 1.165) is 11.4 Å². The first kappa shape index (κ1) is 15.0. The highest BCUT2D eigenvalue weighted by Crippen LogP contribution is 2.12. The summed E-state index contributed by atoms with van der Waals surface area (Å²) < 4.78 is 0. The summed E-state index contributed by atoms with van der Waals surface area (Å²) in [6.45, 7) is 3.05. The van der Waals surface area contributed by atoms with Crippen molar-refractivity contribution < 1.29 is 9.90 Å². The summed E-state index contributed by atoms with van der Waals surface area (Å²) in [5.41, 5.74) is 1.03. The van der Waals surface area contributed by atoms with Crippen LogP contribution in [0.4, 0.5) is 0 Å². The molecule has 112 valence electrons. The number of hydrogen-bond acceptors (Lipinski definition) is 5. The Morgan fingerprint density at radius 3 is 3.10 bits per heavy atom. The molecule has 0 saturated carbocycles. The van der Waals surface area contributed by atoms with Crippen molar-refractivity contribution in [1.29, 1.82) is 0 Å². The van der Waals surface area contributed by atoms with Gasteiger partial charge in [0, 0.05) is 26.1 Å². The number of hydrogen-bond donors (Lipinski definition) is 4. The lowest BCUT2D eigenvalue weighted by atomic mass is 10.0. The molecule has 0 fully saturated rings. The Kier molecular flexibility index (Phi) is 4.42. The highest BCUT2D eigenvalue weighted by Gasteiger charge is 2.28. The fraction of sp³-hybridized carbons (Fsp3) is 0.692. The standard InChI is InChI=1S/C13H23N5O2/c1-13(20,7-18(2)3)6-15-12(19)10-4-9-11(5-14-10)17-8-16-9/h8,10,14,20H,4-7H2,1-3H3,(H,15,19)(H,16,17). The highest BCUT2D eigenvalue weighted by atomic mass is 16.3. The number of aromatic amines is 1. The van der Waals surface area contributed by atoms with Gasteiger partial charge < -0.3 is 20.3 Å². The van der Waals surface area contributed by atoms with E-state index in [-0.39, 0.29) is 18.5 Å². The molecule has 1 aromatic heterocycles. The van der Waals surface area contributed by atoms with Gasteiger partial charge in [-0.05, 0) is 21.0 Å². The second-order valence-corrected chi connectivity index (χ2v) is 5.92. The minimum atomic E-state index is -0.939. The fourth-order valence-electron chi connectivity index (χ4n) is 2.49. The number of rotatable bonds is 5. The average molecular weight is 281 g/mol. The molecule has 20 heavy (non-hydrogen) atoms. The maximum atomic E-state index is 12.1. The molecule has 2 rings (SSSR count). The monoisotopic (exact) mass is 281 g/mol. The topological polar surface area (TPSA) is 93.3 Å². The Hall–Kier alpha value is -1.44. The molecule has 0 aromatic carbocycles. The molecule has 7 heteroatoms. The van der Waals surface area contributed by atoms with E-state index in [9.17, 15) is 9.90 Å². The molecular weight excluding hydrogens is 258 g/mol. The van der Waals surface area contributed by atoms with E-state index in [1.165, 1.54) is 0 Å². The second kappa shape index (κ2) is 5.90. The number of carbonyl (C=O) groups is 1. The van der Waals surface area contributed by atoms with Crippen LogP contribution in [0.3, 0.4) is 0 Å². The number of carbonyl (C=O) groups excluding carboxylic acids is 1. The number of fused-ring (bicyclic) bond motifs is 1. The van der Waals surface area contributed by atoms with E-state index in [4.69, 9.17) is 0 Å². The lowest BCUT2D eigenvalue weighted by molar-refractivity contribution is -0.124. The molecule has 0 aliphatic carbocycles. The molecule has 1 amide bonds. The zero-order valence-electron chi connectivity index (χ0n) is 12.2. The summed E-state index contributed by atoms with van der Waals surface area (Å²) >= 11 is 0. The van der Waals surface area contributed by atoms with Crippen molar-refractivity contribution in [1.82, 2.24) is 25.5 Å². The Morgan fingerprint density at radius 2 is 2.40 bits per heavy atom. The number of amides is 1. The summed E-state index contributed by atoms with van der Waals surface area (Å²) in [6.07, 6.45) is 2.22. The van der Waals surface area contributed by atoms with Crippen LogP contribution in [-0.2, 0) is 17.8 Å². The smallest absolute Gasteiger partial charge is 0.237 e. The molecule has 0 spiro atoms. The second-order valence-electron chi connectivity index (χ2n) is 5.92. The number of nitrogens with zero attached hydrogens (tertiary/aromatic N) is 2. The molecule has 0 bridgehead atoms. The van der Waals surface area contributed by atoms with Crippen molar-refractivity contribution in [2.75, 3.05) is 27.2 Å². The van der Waals surface area contributed by atoms with Crippen LogP contribution in [0.15, 0.2) is 6.33 Å². The van der Waals surface area contributed by atoms with Gasteiger partial charge in [0.05, 0.1) is 29.4 Å². The van der Waals surface area contributed by atoms with Crippen LogP contribution in [0, 0.1) is 0 Å². The predicted molar refractivity (Wildman–Crippen MR) is 75.1 cm³/mol. The lowest BCUT2D eigenvalue weighted by Crippen LogP contribution is -2.53. The third-order valence-corrected chi connectivity index (χ3v) is 3.35. The lowest BCUT2D eigenvalue weighted by Gasteiger charge is -2.29. The third-order valence-electron chi connectivity index (χ3n) is 3.35. The van der Waals surface area contributed by atoms with E-state index in [0.29, 0.717) is 19.5 Å². The van der Waals surface area contributed by atoms with Crippen molar-refractivity contribution in [3.8, 4) is 0 Å². The van der Waals surface area contributed by atoms with Gasteiger partial charge in [-0.2, -0.15) is 0 Å². The molecule has 1 aliphatic heterocycles. The van der Waals surface area contributed by atoms with Crippen LogP contribution in [0.5, 0.6) is 0 Å². The Morgan fingerprint density at radius 1 is 1.65 bits per heavy atom. The number of nitrogens with one attached hydrogen (secondary N) is 3. The predicted octanol–water partition coefficient (Wildman–Crippen LogP) is -1.15. The van der Waals surface area contributed by atoms with Crippen molar-refractivity contribution in [2.24, 2.45) is 0 Å². The molecular formula is C13H23N5O2. The SMILES string of the molecule is CN(C)CC(C)(O)CNC(=O)C1Cc2nc[nH]c2CN1. The van der Waals surface area contributed by atoms with Gasteiger partial charge in [-0.25, -0.2) is 4.98 Å². The molecule has 0 radical (unpaired) electrons. The molecule has 7 nitrogen and oxygen atoms in total. The minimum Gasteiger partial charge on any atom is -0.387 e. The van der Waals surface area contributed by atoms with Crippen LogP contribution < -0.4 is 10.6 Å². The fourth-order valence-corrected chi connectivity index (χ4v) is 2.49. The van der Waals surface area contributed by atoms with Gasteiger partial charge in [-0.1, -0.05) is 0 Å². The quantitative estimate of drug-likeness (QED) is 0.547. The van der Waals surface area contributed by atoms with E-state index >= 15 is 0 Å². The normalized spacial score (nSPS) is 21.4. The summed E-state index contributed by atoms with van der Waals surface area (Å²) in [6, 6.07) is -0.291. The average Bonchev–Trinajstić information content (AvgIpc) is 2.81. The molecule has 0 saturated heterocycles. The first-order chi connectivity index (χ1) is 9.37. The largest absolute Gasteiger partial charge is 0.387 e. The number of aromatic nitrogens is 2. The van der Waals surface area contributed by atoms with Crippen molar-refractivity contribution in [3.63, 3.8) is 0 Å². The Bertz CT molecular complexity index is 469. The number of imidazole rings is 1. The molecule has 2 unspecified atom stereocenters. The van der Waals surface area contributed by atoms with Crippen LogP contribution in [0.1, 0.15) is 18.3 Å². The van der Waals surface area contributed by atoms with E-state index < -0.39 is 5.60 Å². The number of aliphatic hydroxyl groups is 1. The van der Waals surface area contributed by atoms with Gasteiger partial charge in [0.2, 0.25) is 5.91 Å². The van der Waals surface area contributed by atoms with Gasteiger partial charge >= 0.3 is 0 Å². The first-order valence-electron chi connectivity index (χ1n) is 6.77. The molecule has 1 aromatic rings. The van der Waals surface area contributed by atoms with Gasteiger partial charge in [-0.3, -0.25) is 10.1 Å². The molecule has 4 N–H and O–H groups in total. The van der Waals surface area contributed by atoms with Gasteiger partial charge in [0.1, 0.15) is 0 Å². The van der Waals surface area contributed by atoms with Gasteiger partial charge in [0.15, 0.2) is 0 Å². The van der Waals surface area contributed by atoms with Crippen LogP contribution >= 0.6 is 0 Å². The summed E-state index contributed by atoms with van der Waals surface area (Å²) in [7, 11) is 3.77. The summed E-state index contributed by atoms with van der Waals surface area (Å²) in [5, 5.41) is 16.1. The van der Waals surface area contributed by atoms with E-state index in [1.54, 1.807) is 13.3 Å². The van der Waals surface area contributed by atoms with E-state index in [1.807, 2.05) is 19.0 Å². The van der Waals surface area contributed by atoms with Crippen LogP contribution in [0.2, 0.25) is 0 Å². The van der Waals surface area contributed by atoms with Crippen molar-refractivity contribution >= 4 is 5.91 Å². The van der Waals surface area contributed by atoms with Gasteiger partial charge in [0.25, 0.3) is 0 Å². The zero-order valence-corrected chi connectivity index (χ0v) is 12.2. The maximum Gasteiger partial charge on any atom is 0.237 e. The zero-order chi connectivity index (χ0) is 14.8. The molecule has 2 atom stereocenters. The van der Waals surface area contributed by atoms with Crippen molar-refractivity contribution in [3.05, 3.63) is 17.7 Å². The van der Waals surface area contributed by atoms with Crippen LogP contribution in [0.25, 0.3) is 0 Å². The summed E-state index contributed by atoms with van der Waals surface area (Å²) in [5.74, 6) is -0.0994. The first-order valence-corrected chi connectivity index (χ1v) is 6.77. The molecule has 2 heterocycles. The Labute approximate surface area is 118 Å².